The van der Waals surface area contributed by atoms with Gasteiger partial charge < -0.3 is 14.4 Å². The molecule has 3 atom stereocenters. The fourth-order valence-electron chi connectivity index (χ4n) is 3.83. The number of hydrogen-bond donors (Lipinski definition) is 0. The van der Waals surface area contributed by atoms with Gasteiger partial charge >= 0.3 is 5.97 Å². The zero-order valence-electron chi connectivity index (χ0n) is 17.1. The molecule has 0 N–H and O–H groups in total. The van der Waals surface area contributed by atoms with Crippen molar-refractivity contribution in [3.05, 3.63) is 35.4 Å². The van der Waals surface area contributed by atoms with Crippen molar-refractivity contribution in [1.29, 1.82) is 0 Å². The van der Waals surface area contributed by atoms with Gasteiger partial charge in [-0.05, 0) is 31.9 Å². The summed E-state index contributed by atoms with van der Waals surface area (Å²) in [6.45, 7) is 7.60. The Kier molecular flexibility index (Phi) is 6.02. The smallest absolute Gasteiger partial charge is 0.330 e. The summed E-state index contributed by atoms with van der Waals surface area (Å²) in [6.07, 6.45) is -0.194. The Labute approximate surface area is 169 Å². The highest BCUT2D eigenvalue weighted by atomic mass is 16.5. The van der Waals surface area contributed by atoms with Crippen LogP contribution in [0, 0.1) is 5.92 Å². The van der Waals surface area contributed by atoms with Gasteiger partial charge in [0.15, 0.2) is 6.61 Å². The molecule has 1 aromatic rings. The first-order valence-corrected chi connectivity index (χ1v) is 9.77. The van der Waals surface area contributed by atoms with Crippen molar-refractivity contribution >= 4 is 23.7 Å². The van der Waals surface area contributed by atoms with Crippen LogP contribution in [0.4, 0.5) is 0 Å². The monoisotopic (exact) mass is 402 g/mol. The first-order chi connectivity index (χ1) is 13.7. The maximum absolute atomic E-state index is 12.8. The lowest BCUT2D eigenvalue weighted by Gasteiger charge is -2.35. The lowest BCUT2D eigenvalue weighted by molar-refractivity contribution is -0.160. The highest BCUT2D eigenvalue weighted by molar-refractivity contribution is 6.22. The molecule has 29 heavy (non-hydrogen) atoms. The average molecular weight is 402 g/mol. The maximum atomic E-state index is 12.8. The second-order valence-electron chi connectivity index (χ2n) is 7.88. The third kappa shape index (κ3) is 4.17. The normalized spacial score (nSPS) is 22.7. The predicted molar refractivity (Wildman–Crippen MR) is 103 cm³/mol. The number of hydrogen-bond acceptors (Lipinski definition) is 6. The molecular weight excluding hydrogens is 376 g/mol. The van der Waals surface area contributed by atoms with E-state index in [1.165, 1.54) is 0 Å². The Bertz CT molecular complexity index is 791. The fraction of sp³-hybridized carbons (Fsp3) is 0.524. The van der Waals surface area contributed by atoms with Crippen molar-refractivity contribution < 1.29 is 28.7 Å². The largest absolute Gasteiger partial charge is 0.454 e. The van der Waals surface area contributed by atoms with Gasteiger partial charge in [0.2, 0.25) is 0 Å². The fourth-order valence-corrected chi connectivity index (χ4v) is 3.83. The highest BCUT2D eigenvalue weighted by Crippen LogP contribution is 2.27. The van der Waals surface area contributed by atoms with Gasteiger partial charge in [-0.15, -0.1) is 0 Å². The zero-order chi connectivity index (χ0) is 21.3. The van der Waals surface area contributed by atoms with Crippen LogP contribution in [0.15, 0.2) is 24.3 Å². The van der Waals surface area contributed by atoms with Crippen molar-refractivity contribution in [3.63, 3.8) is 0 Å². The number of benzene rings is 1. The molecule has 1 fully saturated rings. The van der Waals surface area contributed by atoms with E-state index in [1.54, 1.807) is 43.0 Å². The van der Waals surface area contributed by atoms with Crippen molar-refractivity contribution in [1.82, 2.24) is 9.80 Å². The number of carbonyl (C=O) groups excluding carboxylic acids is 4. The van der Waals surface area contributed by atoms with E-state index in [0.717, 1.165) is 4.90 Å². The number of rotatable bonds is 5. The molecule has 2 aliphatic rings. The Morgan fingerprint density at radius 1 is 1.07 bits per heavy atom. The van der Waals surface area contributed by atoms with E-state index < -0.39 is 30.4 Å². The van der Waals surface area contributed by atoms with Gasteiger partial charge in [-0.3, -0.25) is 19.3 Å². The van der Waals surface area contributed by atoms with Crippen LogP contribution >= 0.6 is 0 Å². The number of morpholine rings is 1. The van der Waals surface area contributed by atoms with Crippen molar-refractivity contribution in [3.8, 4) is 0 Å². The molecule has 0 radical (unpaired) electrons. The summed E-state index contributed by atoms with van der Waals surface area (Å²) in [5.41, 5.74) is 0.534. The number of ether oxygens (including phenoxy) is 2. The summed E-state index contributed by atoms with van der Waals surface area (Å²) in [7, 11) is 0. The molecule has 8 heteroatoms. The number of fused-ring (bicyclic) bond motifs is 1. The van der Waals surface area contributed by atoms with E-state index >= 15 is 0 Å². The first kappa shape index (κ1) is 21.0. The van der Waals surface area contributed by atoms with E-state index in [0.29, 0.717) is 13.1 Å². The van der Waals surface area contributed by atoms with Crippen molar-refractivity contribution in [2.75, 3.05) is 19.7 Å². The molecule has 2 heterocycles. The van der Waals surface area contributed by atoms with Gasteiger partial charge in [0.1, 0.15) is 6.04 Å². The second-order valence-corrected chi connectivity index (χ2v) is 7.88. The molecule has 0 aromatic heterocycles. The molecule has 3 rings (SSSR count). The molecule has 1 saturated heterocycles. The Morgan fingerprint density at radius 3 is 2.07 bits per heavy atom. The Balaban J connectivity index is 1.69. The summed E-state index contributed by atoms with van der Waals surface area (Å²) in [5.74, 6) is -2.52. The van der Waals surface area contributed by atoms with E-state index in [9.17, 15) is 19.2 Å². The van der Waals surface area contributed by atoms with Crippen LogP contribution in [-0.2, 0) is 19.1 Å². The number of imide groups is 1. The van der Waals surface area contributed by atoms with Gasteiger partial charge in [-0.2, -0.15) is 0 Å². The summed E-state index contributed by atoms with van der Waals surface area (Å²) in [4.78, 5) is 53.2. The number of carbonyl (C=O) groups is 4. The minimum Gasteiger partial charge on any atom is -0.454 e. The SMILES string of the molecule is CC(C)[C@@H](C(=O)OCC(=O)N1C[C@H](C)O[C@@H](C)C1)N1C(=O)c2ccccc2C1=O. The molecular formula is C21H26N2O6. The molecule has 0 aliphatic carbocycles. The quantitative estimate of drug-likeness (QED) is 0.547. The van der Waals surface area contributed by atoms with Crippen LogP contribution in [0.2, 0.25) is 0 Å². The molecule has 2 aliphatic heterocycles. The molecule has 0 saturated carbocycles. The maximum Gasteiger partial charge on any atom is 0.330 e. The van der Waals surface area contributed by atoms with Gasteiger partial charge in [-0.1, -0.05) is 26.0 Å². The number of amides is 3. The number of esters is 1. The summed E-state index contributed by atoms with van der Waals surface area (Å²) < 4.78 is 10.8. The predicted octanol–water partition coefficient (Wildman–Crippen LogP) is 1.49. The van der Waals surface area contributed by atoms with E-state index in [2.05, 4.69) is 0 Å². The Hall–Kier alpha value is -2.74. The Morgan fingerprint density at radius 2 is 1.59 bits per heavy atom. The minimum absolute atomic E-state index is 0.0971. The van der Waals surface area contributed by atoms with Gasteiger partial charge in [0, 0.05) is 13.1 Å². The minimum atomic E-state index is -1.10. The third-order valence-electron chi connectivity index (χ3n) is 5.09. The molecule has 0 spiro atoms. The molecule has 0 unspecified atom stereocenters. The van der Waals surface area contributed by atoms with Gasteiger partial charge in [0.25, 0.3) is 17.7 Å². The van der Waals surface area contributed by atoms with Crippen LogP contribution in [0.5, 0.6) is 0 Å². The van der Waals surface area contributed by atoms with E-state index in [4.69, 9.17) is 9.47 Å². The summed E-state index contributed by atoms with van der Waals surface area (Å²) in [5, 5.41) is 0. The van der Waals surface area contributed by atoms with Crippen LogP contribution in [0.1, 0.15) is 48.4 Å². The summed E-state index contributed by atoms with van der Waals surface area (Å²) >= 11 is 0. The van der Waals surface area contributed by atoms with Crippen LogP contribution in [0.3, 0.4) is 0 Å². The van der Waals surface area contributed by atoms with Crippen LogP contribution in [0.25, 0.3) is 0 Å². The standard InChI is InChI=1S/C21H26N2O6/c1-12(2)18(23-19(25)15-7-5-6-8-16(15)20(23)26)21(27)28-11-17(24)22-9-13(3)29-14(4)10-22/h5-8,12-14,18H,9-11H2,1-4H3/t13-,14-,18-/m0/s1. The van der Waals surface area contributed by atoms with Gasteiger partial charge in [0.05, 0.1) is 23.3 Å². The molecule has 3 amide bonds. The first-order valence-electron chi connectivity index (χ1n) is 9.77. The van der Waals surface area contributed by atoms with Crippen molar-refractivity contribution in [2.45, 2.75) is 45.9 Å². The topological polar surface area (TPSA) is 93.2 Å². The van der Waals surface area contributed by atoms with Crippen LogP contribution < -0.4 is 0 Å². The molecule has 1 aromatic carbocycles. The zero-order valence-corrected chi connectivity index (χ0v) is 17.1. The lowest BCUT2D eigenvalue weighted by Crippen LogP contribution is -2.51. The van der Waals surface area contributed by atoms with E-state index in [1.807, 2.05) is 13.8 Å². The molecule has 0 bridgehead atoms. The molecule has 8 nitrogen and oxygen atoms in total. The molecule has 156 valence electrons. The number of nitrogens with zero attached hydrogens (tertiary/aromatic N) is 2. The van der Waals surface area contributed by atoms with Crippen molar-refractivity contribution in [2.24, 2.45) is 5.92 Å². The highest BCUT2D eigenvalue weighted by Gasteiger charge is 2.44. The summed E-state index contributed by atoms with van der Waals surface area (Å²) in [6, 6.07) is 5.35. The second kappa shape index (κ2) is 8.32. The van der Waals surface area contributed by atoms with E-state index in [-0.39, 0.29) is 35.2 Å². The van der Waals surface area contributed by atoms with Crippen LogP contribution in [-0.4, -0.2) is 71.4 Å². The van der Waals surface area contributed by atoms with Gasteiger partial charge in [-0.25, -0.2) is 4.79 Å². The average Bonchev–Trinajstić information content (AvgIpc) is 2.91. The lowest BCUT2D eigenvalue weighted by atomic mass is 10.0. The third-order valence-corrected chi connectivity index (χ3v) is 5.09.